The minimum absolute atomic E-state index is 0.0331. The molecule has 0 aromatic rings. The molecular weight excluding hydrogens is 274 g/mol. The molecule has 0 bridgehead atoms. The van der Waals surface area contributed by atoms with Gasteiger partial charge < -0.3 is 14.5 Å². The van der Waals surface area contributed by atoms with Crippen LogP contribution in [0, 0.1) is 5.92 Å². The largest absolute Gasteiger partial charge is 0.468 e. The van der Waals surface area contributed by atoms with Gasteiger partial charge in [-0.25, -0.2) is 0 Å². The Balaban J connectivity index is 2.43. The van der Waals surface area contributed by atoms with Gasteiger partial charge in [0.2, 0.25) is 11.8 Å². The summed E-state index contributed by atoms with van der Waals surface area (Å²) in [5, 5.41) is 2.95. The van der Waals surface area contributed by atoms with E-state index in [1.165, 1.54) is 14.0 Å². The zero-order valence-corrected chi connectivity index (χ0v) is 13.2. The lowest BCUT2D eigenvalue weighted by Crippen LogP contribution is -2.53. The molecule has 1 saturated heterocycles. The van der Waals surface area contributed by atoms with Crippen LogP contribution < -0.4 is 5.32 Å². The fourth-order valence-corrected chi connectivity index (χ4v) is 2.30. The molecule has 2 amide bonds. The van der Waals surface area contributed by atoms with E-state index in [1.54, 1.807) is 9.80 Å². The third-order valence-electron chi connectivity index (χ3n) is 3.67. The molecule has 120 valence electrons. The van der Waals surface area contributed by atoms with Gasteiger partial charge in [0, 0.05) is 33.1 Å². The molecule has 0 spiro atoms. The van der Waals surface area contributed by atoms with Crippen molar-refractivity contribution >= 4 is 17.8 Å². The van der Waals surface area contributed by atoms with E-state index in [0.29, 0.717) is 26.2 Å². The lowest BCUT2D eigenvalue weighted by molar-refractivity contribution is -0.145. The Bertz CT molecular complexity index is 390. The van der Waals surface area contributed by atoms with E-state index in [0.717, 1.165) is 0 Å². The van der Waals surface area contributed by atoms with Crippen LogP contribution in [0.3, 0.4) is 0 Å². The number of hydrogen-bond donors (Lipinski definition) is 1. The molecular formula is C14H25N3O4. The maximum atomic E-state index is 12.1. The first-order chi connectivity index (χ1) is 9.86. The van der Waals surface area contributed by atoms with Gasteiger partial charge in [0.1, 0.15) is 6.04 Å². The monoisotopic (exact) mass is 299 g/mol. The number of carbonyl (C=O) groups excluding carboxylic acids is 3. The van der Waals surface area contributed by atoms with Crippen LogP contribution in [0.5, 0.6) is 0 Å². The Kier molecular flexibility index (Phi) is 6.61. The topological polar surface area (TPSA) is 79.0 Å². The van der Waals surface area contributed by atoms with Crippen LogP contribution in [0.25, 0.3) is 0 Å². The first-order valence-electron chi connectivity index (χ1n) is 7.21. The Morgan fingerprint density at radius 3 is 2.05 bits per heavy atom. The average molecular weight is 299 g/mol. The summed E-state index contributed by atoms with van der Waals surface area (Å²) >= 11 is 0. The van der Waals surface area contributed by atoms with Crippen LogP contribution in [0.15, 0.2) is 0 Å². The van der Waals surface area contributed by atoms with Crippen molar-refractivity contribution in [2.45, 2.75) is 26.8 Å². The number of rotatable bonds is 5. The number of nitrogens with zero attached hydrogens (tertiary/aromatic N) is 2. The Morgan fingerprint density at radius 1 is 1.10 bits per heavy atom. The van der Waals surface area contributed by atoms with Crippen molar-refractivity contribution in [3.05, 3.63) is 0 Å². The second-order valence-electron chi connectivity index (χ2n) is 5.51. The standard InChI is InChI=1S/C14H25N3O4/c1-10(2)13(14(20)21-4)15-9-12(19)17-7-5-16(6-8-17)11(3)18/h10,13,15H,5-9H2,1-4H3. The predicted molar refractivity (Wildman–Crippen MR) is 77.5 cm³/mol. The SMILES string of the molecule is COC(=O)C(NCC(=O)N1CCN(C(C)=O)CC1)C(C)C. The first kappa shape index (κ1) is 17.4. The number of methoxy groups -OCH3 is 1. The normalized spacial score (nSPS) is 16.8. The predicted octanol–water partition coefficient (Wildman–Crippen LogP) is -0.536. The minimum atomic E-state index is -0.488. The summed E-state index contributed by atoms with van der Waals surface area (Å²) in [5.41, 5.74) is 0. The van der Waals surface area contributed by atoms with Crippen molar-refractivity contribution in [3.8, 4) is 0 Å². The van der Waals surface area contributed by atoms with E-state index in [9.17, 15) is 14.4 Å². The van der Waals surface area contributed by atoms with Crippen molar-refractivity contribution in [2.24, 2.45) is 5.92 Å². The molecule has 1 fully saturated rings. The molecule has 0 aliphatic carbocycles. The number of piperazine rings is 1. The van der Waals surface area contributed by atoms with Crippen LogP contribution in [0.4, 0.5) is 0 Å². The number of amides is 2. The molecule has 0 saturated carbocycles. The molecule has 1 unspecified atom stereocenters. The van der Waals surface area contributed by atoms with E-state index in [1.807, 2.05) is 13.8 Å². The van der Waals surface area contributed by atoms with Gasteiger partial charge in [-0.15, -0.1) is 0 Å². The second kappa shape index (κ2) is 7.97. The zero-order chi connectivity index (χ0) is 16.0. The molecule has 1 aliphatic heterocycles. The summed E-state index contributed by atoms with van der Waals surface area (Å²) in [5.74, 6) is -0.349. The number of ether oxygens (including phenoxy) is 1. The number of carbonyl (C=O) groups is 3. The van der Waals surface area contributed by atoms with Crippen molar-refractivity contribution in [2.75, 3.05) is 39.8 Å². The maximum Gasteiger partial charge on any atom is 0.323 e. The van der Waals surface area contributed by atoms with E-state index in [2.05, 4.69) is 5.32 Å². The van der Waals surface area contributed by atoms with E-state index in [-0.39, 0.29) is 30.2 Å². The molecule has 7 nitrogen and oxygen atoms in total. The fraction of sp³-hybridized carbons (Fsp3) is 0.786. The summed E-state index contributed by atoms with van der Waals surface area (Å²) in [4.78, 5) is 38.4. The van der Waals surface area contributed by atoms with Crippen molar-refractivity contribution in [3.63, 3.8) is 0 Å². The lowest BCUT2D eigenvalue weighted by Gasteiger charge is -2.34. The highest BCUT2D eigenvalue weighted by Crippen LogP contribution is 2.05. The summed E-state index contributed by atoms with van der Waals surface area (Å²) in [6, 6.07) is -0.488. The van der Waals surface area contributed by atoms with Gasteiger partial charge in [-0.2, -0.15) is 0 Å². The Hall–Kier alpha value is -1.63. The third-order valence-corrected chi connectivity index (χ3v) is 3.67. The second-order valence-corrected chi connectivity index (χ2v) is 5.51. The van der Waals surface area contributed by atoms with Crippen molar-refractivity contribution in [1.82, 2.24) is 15.1 Å². The van der Waals surface area contributed by atoms with Gasteiger partial charge in [0.15, 0.2) is 0 Å². The first-order valence-corrected chi connectivity index (χ1v) is 7.21. The van der Waals surface area contributed by atoms with Gasteiger partial charge in [-0.1, -0.05) is 13.8 Å². The summed E-state index contributed by atoms with van der Waals surface area (Å²) in [6.07, 6.45) is 0. The fourth-order valence-electron chi connectivity index (χ4n) is 2.30. The molecule has 1 N–H and O–H groups in total. The van der Waals surface area contributed by atoms with E-state index in [4.69, 9.17) is 4.74 Å². The number of hydrogen-bond acceptors (Lipinski definition) is 5. The zero-order valence-electron chi connectivity index (χ0n) is 13.2. The van der Waals surface area contributed by atoms with Crippen LogP contribution in [0.2, 0.25) is 0 Å². The number of nitrogens with one attached hydrogen (secondary N) is 1. The molecule has 1 heterocycles. The molecule has 1 atom stereocenters. The Labute approximate surface area is 125 Å². The van der Waals surface area contributed by atoms with E-state index >= 15 is 0 Å². The van der Waals surface area contributed by atoms with Crippen LogP contribution in [0.1, 0.15) is 20.8 Å². The van der Waals surface area contributed by atoms with Gasteiger partial charge in [-0.05, 0) is 5.92 Å². The summed E-state index contributed by atoms with van der Waals surface area (Å²) in [6.45, 7) is 7.60. The molecule has 0 aromatic heterocycles. The van der Waals surface area contributed by atoms with E-state index < -0.39 is 6.04 Å². The molecule has 7 heteroatoms. The van der Waals surface area contributed by atoms with Gasteiger partial charge in [-0.3, -0.25) is 19.7 Å². The highest BCUT2D eigenvalue weighted by Gasteiger charge is 2.26. The Morgan fingerprint density at radius 2 is 1.62 bits per heavy atom. The van der Waals surface area contributed by atoms with Crippen molar-refractivity contribution in [1.29, 1.82) is 0 Å². The molecule has 1 rings (SSSR count). The maximum absolute atomic E-state index is 12.1. The summed E-state index contributed by atoms with van der Waals surface area (Å²) < 4.78 is 4.72. The minimum Gasteiger partial charge on any atom is -0.468 e. The molecule has 21 heavy (non-hydrogen) atoms. The quantitative estimate of drug-likeness (QED) is 0.690. The molecule has 1 aliphatic rings. The van der Waals surface area contributed by atoms with Crippen LogP contribution in [-0.2, 0) is 19.1 Å². The van der Waals surface area contributed by atoms with Crippen LogP contribution in [-0.4, -0.2) is 73.5 Å². The van der Waals surface area contributed by atoms with Gasteiger partial charge in [0.05, 0.1) is 13.7 Å². The van der Waals surface area contributed by atoms with Crippen LogP contribution >= 0.6 is 0 Å². The average Bonchev–Trinajstić information content (AvgIpc) is 2.46. The lowest BCUT2D eigenvalue weighted by atomic mass is 10.0. The smallest absolute Gasteiger partial charge is 0.323 e. The molecule has 0 aromatic carbocycles. The highest BCUT2D eigenvalue weighted by atomic mass is 16.5. The van der Waals surface area contributed by atoms with Gasteiger partial charge >= 0.3 is 5.97 Å². The third kappa shape index (κ3) is 5.00. The molecule has 0 radical (unpaired) electrons. The highest BCUT2D eigenvalue weighted by molar-refractivity contribution is 5.81. The van der Waals surface area contributed by atoms with Crippen molar-refractivity contribution < 1.29 is 19.1 Å². The summed E-state index contributed by atoms with van der Waals surface area (Å²) in [7, 11) is 1.34. The number of esters is 1. The van der Waals surface area contributed by atoms with Gasteiger partial charge in [0.25, 0.3) is 0 Å².